The van der Waals surface area contributed by atoms with Crippen LogP contribution in [0.25, 0.3) is 0 Å². The van der Waals surface area contributed by atoms with Crippen molar-refractivity contribution in [2.45, 2.75) is 6.10 Å². The number of halogens is 4. The zero-order valence-corrected chi connectivity index (χ0v) is 21.0. The van der Waals surface area contributed by atoms with Gasteiger partial charge in [-0.2, -0.15) is 0 Å². The molecule has 168 valence electrons. The third kappa shape index (κ3) is 9.22. The minimum absolute atomic E-state index is 0.196. The lowest BCUT2D eigenvalue weighted by atomic mass is 10.1. The normalized spacial score (nSPS) is 13.9. The fraction of sp³-hybridized carbons (Fsp3) is 0.647. The number of sulfone groups is 1. The second kappa shape index (κ2) is 13.8. The van der Waals surface area contributed by atoms with Crippen molar-refractivity contribution in [3.05, 3.63) is 35.9 Å². The van der Waals surface area contributed by atoms with Crippen LogP contribution >= 0.6 is 54.1 Å². The lowest BCUT2D eigenvalue weighted by molar-refractivity contribution is 0.165. The first-order valence-corrected chi connectivity index (χ1v) is 14.7. The lowest BCUT2D eigenvalue weighted by Gasteiger charge is -2.39. The van der Waals surface area contributed by atoms with Gasteiger partial charge in [0.15, 0.2) is 0 Å². The molecule has 0 aromatic heterocycles. The third-order valence-electron chi connectivity index (χ3n) is 3.98. The molecule has 1 rings (SSSR count). The standard InChI is InChI=1S/C17H27Cl4N2O4PS/c1-29(25,26)15-17(16-5-3-2-4-6-16)27-28(24,22(11-7-18)12-8-19)23(13-9-20)14-10-21/h2-6,17H,7-15H2,1H3. The van der Waals surface area contributed by atoms with Gasteiger partial charge in [0, 0.05) is 56.0 Å². The lowest BCUT2D eigenvalue weighted by Crippen LogP contribution is -2.38. The van der Waals surface area contributed by atoms with E-state index in [1.807, 2.05) is 0 Å². The Morgan fingerprint density at radius 2 is 1.31 bits per heavy atom. The molecule has 0 amide bonds. The zero-order chi connectivity index (χ0) is 21.9. The van der Waals surface area contributed by atoms with Gasteiger partial charge in [-0.3, -0.25) is 9.09 Å². The van der Waals surface area contributed by atoms with Crippen LogP contribution in [0, 0.1) is 0 Å². The Hall–Kier alpha value is 0.440. The van der Waals surface area contributed by atoms with Gasteiger partial charge in [0.25, 0.3) is 0 Å². The first-order valence-electron chi connectivity index (χ1n) is 8.97. The Morgan fingerprint density at radius 3 is 1.66 bits per heavy atom. The Morgan fingerprint density at radius 1 is 0.897 bits per heavy atom. The maximum atomic E-state index is 14.2. The summed E-state index contributed by atoms with van der Waals surface area (Å²) >= 11 is 23.7. The van der Waals surface area contributed by atoms with Gasteiger partial charge in [0.05, 0.1) is 5.75 Å². The fourth-order valence-corrected chi connectivity index (χ4v) is 7.49. The van der Waals surface area contributed by atoms with E-state index in [1.54, 1.807) is 39.7 Å². The molecule has 0 spiro atoms. The largest absolute Gasteiger partial charge is 0.346 e. The highest BCUT2D eigenvalue weighted by atomic mass is 35.5. The molecule has 0 aliphatic rings. The Balaban J connectivity index is 3.44. The van der Waals surface area contributed by atoms with E-state index in [0.717, 1.165) is 6.26 Å². The summed E-state index contributed by atoms with van der Waals surface area (Å²) in [6.07, 6.45) is 0.167. The van der Waals surface area contributed by atoms with Crippen LogP contribution in [0.3, 0.4) is 0 Å². The van der Waals surface area contributed by atoms with Crippen molar-refractivity contribution in [3.63, 3.8) is 0 Å². The molecule has 0 saturated heterocycles. The predicted octanol–water partition coefficient (Wildman–Crippen LogP) is 4.46. The van der Waals surface area contributed by atoms with Crippen molar-refractivity contribution < 1.29 is 17.5 Å². The van der Waals surface area contributed by atoms with Crippen LogP contribution in [0.2, 0.25) is 0 Å². The van der Waals surface area contributed by atoms with Crippen LogP contribution in [0.4, 0.5) is 0 Å². The van der Waals surface area contributed by atoms with Crippen molar-refractivity contribution >= 4 is 63.9 Å². The molecule has 0 radical (unpaired) electrons. The van der Waals surface area contributed by atoms with Crippen LogP contribution in [0.1, 0.15) is 11.7 Å². The van der Waals surface area contributed by atoms with Gasteiger partial charge in [-0.1, -0.05) is 30.3 Å². The van der Waals surface area contributed by atoms with Crippen LogP contribution in [0.5, 0.6) is 0 Å². The van der Waals surface area contributed by atoms with E-state index in [4.69, 9.17) is 50.9 Å². The highest BCUT2D eigenvalue weighted by molar-refractivity contribution is 7.90. The fourth-order valence-electron chi connectivity index (χ4n) is 2.73. The van der Waals surface area contributed by atoms with Gasteiger partial charge in [0.2, 0.25) is 0 Å². The molecule has 1 aromatic rings. The molecule has 0 bridgehead atoms. The predicted molar refractivity (Wildman–Crippen MR) is 124 cm³/mol. The number of hydrogen-bond acceptors (Lipinski definition) is 4. The van der Waals surface area contributed by atoms with E-state index in [9.17, 15) is 13.0 Å². The summed E-state index contributed by atoms with van der Waals surface area (Å²) in [7, 11) is -7.18. The quantitative estimate of drug-likeness (QED) is 0.248. The SMILES string of the molecule is CS(=O)(=O)CC(OP(=O)(N(CCCl)CCCl)N(CCCl)CCCl)c1ccccc1. The van der Waals surface area contributed by atoms with Gasteiger partial charge in [-0.15, -0.1) is 46.4 Å². The summed E-state index contributed by atoms with van der Waals surface area (Å²) in [5.41, 5.74) is 0.603. The molecule has 0 N–H and O–H groups in total. The third-order valence-corrected chi connectivity index (χ3v) is 8.32. The summed E-state index contributed by atoms with van der Waals surface area (Å²) in [5.74, 6) is 0.458. The van der Waals surface area contributed by atoms with E-state index >= 15 is 0 Å². The highest BCUT2D eigenvalue weighted by Crippen LogP contribution is 2.57. The molecule has 0 saturated carbocycles. The monoisotopic (exact) mass is 526 g/mol. The number of alkyl halides is 4. The van der Waals surface area contributed by atoms with Crippen molar-refractivity contribution in [1.82, 2.24) is 9.34 Å². The number of rotatable bonds is 15. The van der Waals surface area contributed by atoms with Gasteiger partial charge >= 0.3 is 7.67 Å². The molecule has 1 atom stereocenters. The van der Waals surface area contributed by atoms with Gasteiger partial charge in [-0.05, 0) is 5.56 Å². The Kier molecular flexibility index (Phi) is 13.0. The molecule has 0 fully saturated rings. The van der Waals surface area contributed by atoms with E-state index in [2.05, 4.69) is 0 Å². The first-order chi connectivity index (χ1) is 13.7. The highest BCUT2D eigenvalue weighted by Gasteiger charge is 2.41. The molecule has 0 aliphatic heterocycles. The smallest absolute Gasteiger partial charge is 0.297 e. The van der Waals surface area contributed by atoms with Crippen LogP contribution in [-0.4, -0.2) is 79.5 Å². The molecule has 6 nitrogen and oxygen atoms in total. The summed E-state index contributed by atoms with van der Waals surface area (Å²) < 4.78 is 47.6. The van der Waals surface area contributed by atoms with E-state index in [1.165, 1.54) is 0 Å². The van der Waals surface area contributed by atoms with Crippen LogP contribution in [0.15, 0.2) is 30.3 Å². The van der Waals surface area contributed by atoms with Gasteiger partial charge in [0.1, 0.15) is 15.9 Å². The van der Waals surface area contributed by atoms with Crippen molar-refractivity contribution in [2.75, 3.05) is 61.7 Å². The molecule has 1 unspecified atom stereocenters. The molecule has 0 aliphatic carbocycles. The summed E-state index contributed by atoms with van der Waals surface area (Å²) in [4.78, 5) is 0. The first kappa shape index (κ1) is 27.5. The molecular formula is C17H27Cl4N2O4PS. The average molecular weight is 528 g/mol. The second-order valence-corrected chi connectivity index (χ2v) is 12.3. The number of hydrogen-bond donors (Lipinski definition) is 0. The van der Waals surface area contributed by atoms with E-state index in [-0.39, 0.29) is 55.5 Å². The Bertz CT molecular complexity index is 710. The topological polar surface area (TPSA) is 66.9 Å². The van der Waals surface area contributed by atoms with Gasteiger partial charge in [-0.25, -0.2) is 17.8 Å². The zero-order valence-electron chi connectivity index (χ0n) is 16.2. The van der Waals surface area contributed by atoms with Crippen molar-refractivity contribution in [3.8, 4) is 0 Å². The van der Waals surface area contributed by atoms with E-state index < -0.39 is 23.6 Å². The minimum atomic E-state index is -3.75. The maximum absolute atomic E-state index is 14.2. The summed E-state index contributed by atoms with van der Waals surface area (Å²) in [6.45, 7) is 0.972. The number of benzene rings is 1. The average Bonchev–Trinajstić information content (AvgIpc) is 2.66. The molecule has 0 heterocycles. The van der Waals surface area contributed by atoms with Crippen LogP contribution in [-0.2, 0) is 18.9 Å². The maximum Gasteiger partial charge on any atom is 0.346 e. The van der Waals surface area contributed by atoms with E-state index in [0.29, 0.717) is 5.56 Å². The minimum Gasteiger partial charge on any atom is -0.297 e. The molecule has 12 heteroatoms. The van der Waals surface area contributed by atoms with Crippen molar-refractivity contribution in [1.29, 1.82) is 0 Å². The Labute approximate surface area is 193 Å². The molecule has 29 heavy (non-hydrogen) atoms. The van der Waals surface area contributed by atoms with Crippen molar-refractivity contribution in [2.24, 2.45) is 0 Å². The molecular weight excluding hydrogens is 501 g/mol. The summed E-state index contributed by atoms with van der Waals surface area (Å²) in [5, 5.41) is 0. The van der Waals surface area contributed by atoms with Crippen LogP contribution < -0.4 is 0 Å². The van der Waals surface area contributed by atoms with Gasteiger partial charge < -0.3 is 0 Å². The second-order valence-electron chi connectivity index (χ2n) is 6.25. The number of nitrogens with zero attached hydrogens (tertiary/aromatic N) is 2. The molecule has 1 aromatic carbocycles. The summed E-state index contributed by atoms with van der Waals surface area (Å²) in [6, 6.07) is 8.82.